The highest BCUT2D eigenvalue weighted by atomic mass is 16.5. The first-order chi connectivity index (χ1) is 9.24. The zero-order valence-electron chi connectivity index (χ0n) is 11.1. The molecule has 2 N–H and O–H groups in total. The molecule has 0 saturated carbocycles. The highest BCUT2D eigenvalue weighted by Gasteiger charge is 2.02. The largest absolute Gasteiger partial charge is 0.475 e. The Hall–Kier alpha value is -2.18. The van der Waals surface area contributed by atoms with Gasteiger partial charge in [-0.2, -0.15) is 10.1 Å². The van der Waals surface area contributed by atoms with Crippen LogP contribution in [0.1, 0.15) is 26.1 Å². The van der Waals surface area contributed by atoms with E-state index in [1.165, 1.54) is 6.33 Å². The Morgan fingerprint density at radius 3 is 3.00 bits per heavy atom. The van der Waals surface area contributed by atoms with Gasteiger partial charge in [0.2, 0.25) is 11.8 Å². The van der Waals surface area contributed by atoms with Gasteiger partial charge in [0.05, 0.1) is 6.10 Å². The number of hydrogen-bond donors (Lipinski definition) is 2. The van der Waals surface area contributed by atoms with Crippen molar-refractivity contribution >= 4 is 5.95 Å². The van der Waals surface area contributed by atoms with Crippen LogP contribution in [0.4, 0.5) is 5.95 Å². The van der Waals surface area contributed by atoms with Gasteiger partial charge in [-0.3, -0.25) is 5.10 Å². The van der Waals surface area contributed by atoms with Crippen LogP contribution >= 0.6 is 0 Å². The third-order valence-corrected chi connectivity index (χ3v) is 2.32. The van der Waals surface area contributed by atoms with E-state index in [1.54, 1.807) is 12.3 Å². The zero-order chi connectivity index (χ0) is 13.5. The second-order valence-corrected chi connectivity index (χ2v) is 4.35. The van der Waals surface area contributed by atoms with Gasteiger partial charge in [0.25, 0.3) is 0 Å². The maximum atomic E-state index is 5.51. The number of aromatic amines is 1. The fraction of sp³-hybridized carbons (Fsp3) is 0.500. The lowest BCUT2D eigenvalue weighted by Crippen LogP contribution is -2.10. The molecule has 102 valence electrons. The van der Waals surface area contributed by atoms with Gasteiger partial charge in [0, 0.05) is 25.2 Å². The van der Waals surface area contributed by atoms with Gasteiger partial charge in [0.15, 0.2) is 0 Å². The summed E-state index contributed by atoms with van der Waals surface area (Å²) in [6.45, 7) is 4.70. The molecule has 2 heterocycles. The van der Waals surface area contributed by atoms with Crippen LogP contribution in [-0.2, 0) is 6.42 Å². The number of rotatable bonds is 7. The first-order valence-electron chi connectivity index (χ1n) is 6.32. The molecule has 0 fully saturated rings. The molecule has 2 rings (SSSR count). The number of aryl methyl sites for hydroxylation is 1. The maximum absolute atomic E-state index is 5.51. The summed E-state index contributed by atoms with van der Waals surface area (Å²) in [7, 11) is 0. The molecular weight excluding hydrogens is 244 g/mol. The number of ether oxygens (including phenoxy) is 1. The van der Waals surface area contributed by atoms with E-state index in [-0.39, 0.29) is 6.10 Å². The molecular formula is C12H18N6O. The average Bonchev–Trinajstić information content (AvgIpc) is 2.87. The van der Waals surface area contributed by atoms with Crippen LogP contribution < -0.4 is 10.1 Å². The summed E-state index contributed by atoms with van der Waals surface area (Å²) in [5.41, 5.74) is 0. The molecule has 2 aromatic rings. The Labute approximate surface area is 111 Å². The van der Waals surface area contributed by atoms with Crippen molar-refractivity contribution in [3.8, 4) is 5.88 Å². The summed E-state index contributed by atoms with van der Waals surface area (Å²) < 4.78 is 5.51. The summed E-state index contributed by atoms with van der Waals surface area (Å²) in [6, 6.07) is 1.75. The Kier molecular flexibility index (Phi) is 4.66. The predicted octanol–water partition coefficient (Wildman–Crippen LogP) is 1.43. The molecule has 0 aromatic carbocycles. The molecule has 0 aliphatic carbocycles. The van der Waals surface area contributed by atoms with E-state index < -0.39 is 0 Å². The Morgan fingerprint density at radius 1 is 1.37 bits per heavy atom. The van der Waals surface area contributed by atoms with Gasteiger partial charge in [0.1, 0.15) is 12.2 Å². The smallest absolute Gasteiger partial charge is 0.225 e. The van der Waals surface area contributed by atoms with Crippen molar-refractivity contribution < 1.29 is 4.74 Å². The fourth-order valence-corrected chi connectivity index (χ4v) is 1.54. The number of nitrogens with zero attached hydrogens (tertiary/aromatic N) is 4. The standard InChI is InChI=1S/C12H18N6O/c1-9(2)19-11-5-7-14-12(17-11)13-6-3-4-10-15-8-16-18-10/h5,7-9H,3-4,6H2,1-2H3,(H,13,14,17)(H,15,16,18). The van der Waals surface area contributed by atoms with E-state index in [0.29, 0.717) is 11.8 Å². The van der Waals surface area contributed by atoms with Crippen LogP contribution in [0, 0.1) is 0 Å². The minimum atomic E-state index is 0.106. The van der Waals surface area contributed by atoms with Crippen LogP contribution in [0.25, 0.3) is 0 Å². The Balaban J connectivity index is 1.76. The number of H-pyrrole nitrogens is 1. The van der Waals surface area contributed by atoms with Crippen LogP contribution in [0.15, 0.2) is 18.6 Å². The van der Waals surface area contributed by atoms with Crippen molar-refractivity contribution in [2.24, 2.45) is 0 Å². The van der Waals surface area contributed by atoms with Gasteiger partial charge in [-0.1, -0.05) is 0 Å². The van der Waals surface area contributed by atoms with Crippen molar-refractivity contribution in [2.45, 2.75) is 32.8 Å². The number of hydrogen-bond acceptors (Lipinski definition) is 6. The van der Waals surface area contributed by atoms with E-state index in [1.807, 2.05) is 13.8 Å². The van der Waals surface area contributed by atoms with Crippen molar-refractivity contribution in [1.82, 2.24) is 25.1 Å². The first kappa shape index (κ1) is 13.3. The summed E-state index contributed by atoms with van der Waals surface area (Å²) in [4.78, 5) is 12.5. The molecule has 2 aromatic heterocycles. The van der Waals surface area contributed by atoms with Crippen LogP contribution in [-0.4, -0.2) is 37.8 Å². The molecule has 0 aliphatic rings. The second kappa shape index (κ2) is 6.67. The summed E-state index contributed by atoms with van der Waals surface area (Å²) in [5, 5.41) is 9.78. The number of anilines is 1. The summed E-state index contributed by atoms with van der Waals surface area (Å²) in [6.07, 6.45) is 5.07. The lowest BCUT2D eigenvalue weighted by molar-refractivity contribution is 0.232. The van der Waals surface area contributed by atoms with Gasteiger partial charge >= 0.3 is 0 Å². The maximum Gasteiger partial charge on any atom is 0.225 e. The lowest BCUT2D eigenvalue weighted by atomic mass is 10.3. The summed E-state index contributed by atoms with van der Waals surface area (Å²) in [5.74, 6) is 2.05. The molecule has 7 heteroatoms. The van der Waals surface area contributed by atoms with Crippen LogP contribution in [0.2, 0.25) is 0 Å². The van der Waals surface area contributed by atoms with E-state index in [2.05, 4.69) is 30.5 Å². The van der Waals surface area contributed by atoms with Crippen molar-refractivity contribution in [2.75, 3.05) is 11.9 Å². The minimum Gasteiger partial charge on any atom is -0.475 e. The Bertz CT molecular complexity index is 485. The highest BCUT2D eigenvalue weighted by molar-refractivity contribution is 5.27. The molecule has 0 radical (unpaired) electrons. The SMILES string of the molecule is CC(C)Oc1ccnc(NCCCc2ncn[nH]2)n1. The molecule has 0 amide bonds. The second-order valence-electron chi connectivity index (χ2n) is 4.35. The molecule has 0 spiro atoms. The topological polar surface area (TPSA) is 88.6 Å². The molecule has 7 nitrogen and oxygen atoms in total. The van der Waals surface area contributed by atoms with Crippen molar-refractivity contribution in [1.29, 1.82) is 0 Å². The van der Waals surface area contributed by atoms with Gasteiger partial charge in [-0.25, -0.2) is 9.97 Å². The van der Waals surface area contributed by atoms with Gasteiger partial charge in [-0.05, 0) is 20.3 Å². The molecule has 0 bridgehead atoms. The van der Waals surface area contributed by atoms with E-state index in [9.17, 15) is 0 Å². The third kappa shape index (κ3) is 4.53. The molecule has 0 saturated heterocycles. The number of nitrogens with one attached hydrogen (secondary N) is 2. The summed E-state index contributed by atoms with van der Waals surface area (Å²) >= 11 is 0. The average molecular weight is 262 g/mol. The molecule has 0 aliphatic heterocycles. The van der Waals surface area contributed by atoms with E-state index in [0.717, 1.165) is 25.2 Å². The molecule has 0 unspecified atom stereocenters. The third-order valence-electron chi connectivity index (χ3n) is 2.32. The number of aromatic nitrogens is 5. The predicted molar refractivity (Wildman–Crippen MR) is 71.0 cm³/mol. The monoisotopic (exact) mass is 262 g/mol. The van der Waals surface area contributed by atoms with E-state index in [4.69, 9.17) is 4.74 Å². The van der Waals surface area contributed by atoms with Crippen LogP contribution in [0.5, 0.6) is 5.88 Å². The fourth-order valence-electron chi connectivity index (χ4n) is 1.54. The lowest BCUT2D eigenvalue weighted by Gasteiger charge is -2.09. The van der Waals surface area contributed by atoms with Crippen molar-refractivity contribution in [3.63, 3.8) is 0 Å². The van der Waals surface area contributed by atoms with Crippen LogP contribution in [0.3, 0.4) is 0 Å². The minimum absolute atomic E-state index is 0.106. The Morgan fingerprint density at radius 2 is 2.26 bits per heavy atom. The first-order valence-corrected chi connectivity index (χ1v) is 6.32. The normalized spacial score (nSPS) is 10.7. The van der Waals surface area contributed by atoms with E-state index >= 15 is 0 Å². The quantitative estimate of drug-likeness (QED) is 0.734. The highest BCUT2D eigenvalue weighted by Crippen LogP contribution is 2.10. The molecule has 0 atom stereocenters. The van der Waals surface area contributed by atoms with Gasteiger partial charge < -0.3 is 10.1 Å². The van der Waals surface area contributed by atoms with Gasteiger partial charge in [-0.15, -0.1) is 0 Å². The van der Waals surface area contributed by atoms with Crippen molar-refractivity contribution in [3.05, 3.63) is 24.4 Å². The zero-order valence-corrected chi connectivity index (χ0v) is 11.1. The molecule has 19 heavy (non-hydrogen) atoms.